The molecule has 1 heterocycles. The molecule has 0 amide bonds. The lowest BCUT2D eigenvalue weighted by Crippen LogP contribution is -2.23. The van der Waals surface area contributed by atoms with Crippen LogP contribution in [0.2, 0.25) is 0 Å². The van der Waals surface area contributed by atoms with Crippen molar-refractivity contribution in [2.45, 2.75) is 27.2 Å². The average molecular weight is 313 g/mol. The predicted molar refractivity (Wildman–Crippen MR) is 87.0 cm³/mol. The number of H-pyrrole nitrogens is 1. The number of ketones is 1. The molecule has 0 unspecified atom stereocenters. The minimum absolute atomic E-state index is 0.153. The molecular formula is C18H19NO4. The fourth-order valence-electron chi connectivity index (χ4n) is 2.27. The number of benzene rings is 1. The Bertz CT molecular complexity index is 788. The fraction of sp³-hybridized carbons (Fsp3) is 0.278. The first-order valence-electron chi connectivity index (χ1n) is 7.52. The summed E-state index contributed by atoms with van der Waals surface area (Å²) in [5.41, 5.74) is 1.69. The molecule has 0 saturated heterocycles. The quantitative estimate of drug-likeness (QED) is 0.680. The number of carbonyl (C=O) groups excluding carboxylic acids is 2. The van der Waals surface area contributed by atoms with Crippen molar-refractivity contribution in [3.63, 3.8) is 0 Å². The van der Waals surface area contributed by atoms with Crippen molar-refractivity contribution in [2.24, 2.45) is 0 Å². The first-order valence-corrected chi connectivity index (χ1v) is 7.52. The summed E-state index contributed by atoms with van der Waals surface area (Å²) < 4.78 is 4.87. The number of carbonyl (C=O) groups is 2. The molecule has 0 spiro atoms. The van der Waals surface area contributed by atoms with Crippen LogP contribution in [0.15, 0.2) is 35.1 Å². The van der Waals surface area contributed by atoms with Crippen LogP contribution < -0.4 is 5.56 Å². The molecule has 0 saturated carbocycles. The van der Waals surface area contributed by atoms with Crippen molar-refractivity contribution in [2.75, 3.05) is 6.61 Å². The fourth-order valence-corrected chi connectivity index (χ4v) is 2.27. The summed E-state index contributed by atoms with van der Waals surface area (Å²) in [5, 5.41) is 0. The third-order valence-corrected chi connectivity index (χ3v) is 3.53. The zero-order chi connectivity index (χ0) is 17.0. The van der Waals surface area contributed by atoms with Gasteiger partial charge in [-0.1, -0.05) is 36.8 Å². The van der Waals surface area contributed by atoms with E-state index >= 15 is 0 Å². The lowest BCUT2D eigenvalue weighted by Gasteiger charge is -2.09. The van der Waals surface area contributed by atoms with E-state index in [0.29, 0.717) is 23.2 Å². The number of rotatable bonds is 5. The van der Waals surface area contributed by atoms with Crippen molar-refractivity contribution in [1.29, 1.82) is 0 Å². The van der Waals surface area contributed by atoms with Crippen molar-refractivity contribution in [1.82, 2.24) is 4.98 Å². The Kier molecular flexibility index (Phi) is 5.11. The highest BCUT2D eigenvalue weighted by Gasteiger charge is 2.20. The average Bonchev–Trinajstić information content (AvgIpc) is 2.54. The summed E-state index contributed by atoms with van der Waals surface area (Å²) in [6, 6.07) is 8.48. The SMILES string of the molecule is CCOC(=O)c1cc(C(=O)c2ccc(C)cc2)c(CC)[nH]c1=O. The lowest BCUT2D eigenvalue weighted by atomic mass is 9.98. The van der Waals surface area contributed by atoms with Crippen LogP contribution in [-0.4, -0.2) is 23.3 Å². The first kappa shape index (κ1) is 16.7. The molecule has 2 aromatic rings. The van der Waals surface area contributed by atoms with Gasteiger partial charge in [-0.2, -0.15) is 0 Å². The topological polar surface area (TPSA) is 76.2 Å². The van der Waals surface area contributed by atoms with E-state index in [1.165, 1.54) is 6.07 Å². The second-order valence-corrected chi connectivity index (χ2v) is 5.17. The molecule has 1 aromatic carbocycles. The van der Waals surface area contributed by atoms with Gasteiger partial charge in [0, 0.05) is 16.8 Å². The molecule has 23 heavy (non-hydrogen) atoms. The van der Waals surface area contributed by atoms with Crippen LogP contribution in [0.5, 0.6) is 0 Å². The van der Waals surface area contributed by atoms with Gasteiger partial charge in [-0.15, -0.1) is 0 Å². The van der Waals surface area contributed by atoms with Gasteiger partial charge in [-0.05, 0) is 26.3 Å². The second-order valence-electron chi connectivity index (χ2n) is 5.17. The maximum Gasteiger partial charge on any atom is 0.343 e. The van der Waals surface area contributed by atoms with Gasteiger partial charge in [-0.25, -0.2) is 4.79 Å². The highest BCUT2D eigenvalue weighted by molar-refractivity contribution is 6.10. The van der Waals surface area contributed by atoms with Gasteiger partial charge in [0.15, 0.2) is 5.78 Å². The van der Waals surface area contributed by atoms with Crippen LogP contribution in [0.3, 0.4) is 0 Å². The van der Waals surface area contributed by atoms with Gasteiger partial charge < -0.3 is 9.72 Å². The normalized spacial score (nSPS) is 10.4. The molecule has 0 aliphatic carbocycles. The molecule has 0 bridgehead atoms. The first-order chi connectivity index (χ1) is 11.0. The van der Waals surface area contributed by atoms with E-state index in [0.717, 1.165) is 5.56 Å². The van der Waals surface area contributed by atoms with E-state index in [4.69, 9.17) is 4.74 Å². The largest absolute Gasteiger partial charge is 0.462 e. The van der Waals surface area contributed by atoms with Gasteiger partial charge in [0.2, 0.25) is 0 Å². The van der Waals surface area contributed by atoms with E-state index < -0.39 is 11.5 Å². The Balaban J connectivity index is 2.53. The highest BCUT2D eigenvalue weighted by atomic mass is 16.5. The van der Waals surface area contributed by atoms with Crippen LogP contribution in [0.25, 0.3) is 0 Å². The number of nitrogens with one attached hydrogen (secondary N) is 1. The highest BCUT2D eigenvalue weighted by Crippen LogP contribution is 2.15. The number of aryl methyl sites for hydroxylation is 2. The maximum absolute atomic E-state index is 12.7. The monoisotopic (exact) mass is 313 g/mol. The van der Waals surface area contributed by atoms with Gasteiger partial charge in [0.05, 0.1) is 6.61 Å². The number of esters is 1. The summed E-state index contributed by atoms with van der Waals surface area (Å²) in [6.45, 7) is 5.59. The van der Waals surface area contributed by atoms with Crippen molar-refractivity contribution >= 4 is 11.8 Å². The minimum Gasteiger partial charge on any atom is -0.462 e. The van der Waals surface area contributed by atoms with Gasteiger partial charge in [0.1, 0.15) is 5.56 Å². The Hall–Kier alpha value is -2.69. The number of aromatic amines is 1. The lowest BCUT2D eigenvalue weighted by molar-refractivity contribution is 0.0524. The molecule has 1 aromatic heterocycles. The number of hydrogen-bond donors (Lipinski definition) is 1. The number of hydrogen-bond acceptors (Lipinski definition) is 4. The van der Waals surface area contributed by atoms with Crippen molar-refractivity contribution in [3.05, 3.63) is 68.6 Å². The Morgan fingerprint density at radius 2 is 1.74 bits per heavy atom. The Morgan fingerprint density at radius 3 is 2.30 bits per heavy atom. The molecule has 0 radical (unpaired) electrons. The minimum atomic E-state index is -0.727. The molecule has 0 fully saturated rings. The number of pyridine rings is 1. The molecule has 5 nitrogen and oxygen atoms in total. The summed E-state index contributed by atoms with van der Waals surface area (Å²) >= 11 is 0. The smallest absolute Gasteiger partial charge is 0.343 e. The summed E-state index contributed by atoms with van der Waals surface area (Å²) in [4.78, 5) is 39.2. The molecule has 1 N–H and O–H groups in total. The molecule has 0 aliphatic rings. The molecule has 5 heteroatoms. The molecule has 0 atom stereocenters. The Labute approximate surface area is 134 Å². The van der Waals surface area contributed by atoms with Crippen molar-refractivity contribution in [3.8, 4) is 0 Å². The molecule has 2 rings (SSSR count). The van der Waals surface area contributed by atoms with E-state index in [2.05, 4.69) is 4.98 Å². The van der Waals surface area contributed by atoms with Crippen LogP contribution in [-0.2, 0) is 11.2 Å². The maximum atomic E-state index is 12.7. The van der Waals surface area contributed by atoms with Crippen molar-refractivity contribution < 1.29 is 14.3 Å². The number of ether oxygens (including phenoxy) is 1. The van der Waals surface area contributed by atoms with Gasteiger partial charge >= 0.3 is 5.97 Å². The van der Waals surface area contributed by atoms with Gasteiger partial charge in [-0.3, -0.25) is 9.59 Å². The van der Waals surface area contributed by atoms with Crippen LogP contribution in [0, 0.1) is 6.92 Å². The predicted octanol–water partition coefficient (Wildman–Crippen LogP) is 2.65. The molecular weight excluding hydrogens is 294 g/mol. The zero-order valence-corrected chi connectivity index (χ0v) is 13.4. The van der Waals surface area contributed by atoms with Crippen LogP contribution in [0.4, 0.5) is 0 Å². The molecule has 120 valence electrons. The Morgan fingerprint density at radius 1 is 1.09 bits per heavy atom. The molecule has 0 aliphatic heterocycles. The third kappa shape index (κ3) is 3.56. The van der Waals surface area contributed by atoms with Crippen LogP contribution >= 0.6 is 0 Å². The summed E-state index contributed by atoms with van der Waals surface area (Å²) in [5.74, 6) is -0.960. The second kappa shape index (κ2) is 7.05. The van der Waals surface area contributed by atoms with E-state index in [1.807, 2.05) is 26.0 Å². The van der Waals surface area contributed by atoms with E-state index in [1.54, 1.807) is 19.1 Å². The van der Waals surface area contributed by atoms with E-state index in [-0.39, 0.29) is 18.0 Å². The number of aromatic nitrogens is 1. The van der Waals surface area contributed by atoms with Crippen LogP contribution in [0.1, 0.15) is 51.4 Å². The van der Waals surface area contributed by atoms with E-state index in [9.17, 15) is 14.4 Å². The third-order valence-electron chi connectivity index (χ3n) is 3.53. The zero-order valence-electron chi connectivity index (χ0n) is 13.4. The standard InChI is InChI=1S/C18H19NO4/c1-4-15-13(16(20)12-8-6-11(3)7-9-12)10-14(17(21)19-15)18(22)23-5-2/h6-10H,4-5H2,1-3H3,(H,19,21). The summed E-state index contributed by atoms with van der Waals surface area (Å²) in [7, 11) is 0. The van der Waals surface area contributed by atoms with Gasteiger partial charge in [0.25, 0.3) is 5.56 Å². The summed E-state index contributed by atoms with van der Waals surface area (Å²) in [6.07, 6.45) is 0.477.